The minimum atomic E-state index is -0.0214. The average Bonchev–Trinajstić information content (AvgIpc) is 3.06. The molecule has 0 bridgehead atoms. The van der Waals surface area contributed by atoms with E-state index in [0.29, 0.717) is 10.8 Å². The minimum Gasteiger partial charge on any atom is -0.370 e. The number of halogens is 1. The van der Waals surface area contributed by atoms with Crippen molar-refractivity contribution in [2.45, 2.75) is 44.7 Å². The zero-order chi connectivity index (χ0) is 18.0. The second-order valence-electron chi connectivity index (χ2n) is 6.77. The van der Waals surface area contributed by atoms with Crippen molar-refractivity contribution >= 4 is 34.2 Å². The highest BCUT2D eigenvalue weighted by atomic mass is 35.5. The largest absolute Gasteiger partial charge is 0.370 e. The first-order valence-corrected chi connectivity index (χ1v) is 8.87. The third-order valence-electron chi connectivity index (χ3n) is 5.02. The lowest BCUT2D eigenvalue weighted by molar-refractivity contribution is 0.388. The Hall–Kier alpha value is -2.11. The van der Waals surface area contributed by atoms with E-state index in [1.807, 2.05) is 12.1 Å². The normalized spacial score (nSPS) is 16.1. The van der Waals surface area contributed by atoms with E-state index in [0.717, 1.165) is 35.7 Å². The second-order valence-corrected chi connectivity index (χ2v) is 7.18. The third-order valence-corrected chi connectivity index (χ3v) is 5.32. The topological polar surface area (TPSA) is 89.3 Å². The van der Waals surface area contributed by atoms with Gasteiger partial charge in [0.1, 0.15) is 0 Å². The van der Waals surface area contributed by atoms with Crippen molar-refractivity contribution in [3.63, 3.8) is 0 Å². The van der Waals surface area contributed by atoms with Crippen LogP contribution in [0.4, 0.5) is 5.82 Å². The number of hydrogen-bond donors (Lipinski definition) is 3. The van der Waals surface area contributed by atoms with Gasteiger partial charge < -0.3 is 16.8 Å². The van der Waals surface area contributed by atoms with Crippen LogP contribution in [0, 0.1) is 0 Å². The number of pyridine rings is 1. The van der Waals surface area contributed by atoms with Gasteiger partial charge in [-0.2, -0.15) is 4.99 Å². The van der Waals surface area contributed by atoms with Crippen molar-refractivity contribution in [3.8, 4) is 0 Å². The van der Waals surface area contributed by atoms with Crippen molar-refractivity contribution < 1.29 is 0 Å². The predicted octanol–water partition coefficient (Wildman–Crippen LogP) is 3.77. The highest BCUT2D eigenvalue weighted by Crippen LogP contribution is 2.36. The number of aliphatic imine (C=N–C) groups is 1. The Morgan fingerprint density at radius 1 is 1.32 bits per heavy atom. The number of guanidine groups is 1. The number of nitrogens with zero attached hydrogens (tertiary/aromatic N) is 2. The van der Waals surface area contributed by atoms with Gasteiger partial charge in [-0.15, -0.1) is 0 Å². The Morgan fingerprint density at radius 3 is 2.68 bits per heavy atom. The van der Waals surface area contributed by atoms with Gasteiger partial charge in [0.2, 0.25) is 0 Å². The molecule has 5 N–H and O–H groups in total. The summed E-state index contributed by atoms with van der Waals surface area (Å²) in [6.45, 7) is 7.05. The van der Waals surface area contributed by atoms with Gasteiger partial charge in [0.25, 0.3) is 0 Å². The van der Waals surface area contributed by atoms with Crippen LogP contribution < -0.4 is 16.8 Å². The van der Waals surface area contributed by atoms with Crippen LogP contribution in [0.5, 0.6) is 0 Å². The molecule has 1 heterocycles. The molecular formula is C19H24ClN5. The summed E-state index contributed by atoms with van der Waals surface area (Å²) < 4.78 is 0. The van der Waals surface area contributed by atoms with Gasteiger partial charge in [-0.05, 0) is 31.4 Å². The lowest BCUT2D eigenvalue weighted by atomic mass is 9.89. The Kier molecular flexibility index (Phi) is 4.97. The minimum absolute atomic E-state index is 0.0214. The van der Waals surface area contributed by atoms with E-state index >= 15 is 0 Å². The first-order valence-electron chi connectivity index (χ1n) is 8.49. The SMILES string of the molecule is C=C(C)C1(NCc2ccc3c(Cl)cnc(N=C(N)N)c3c2)CCCC1. The molecule has 132 valence electrons. The van der Waals surface area contributed by atoms with Gasteiger partial charge in [-0.3, -0.25) is 0 Å². The molecule has 0 saturated heterocycles. The Labute approximate surface area is 153 Å². The van der Waals surface area contributed by atoms with Crippen LogP contribution in [-0.4, -0.2) is 16.5 Å². The van der Waals surface area contributed by atoms with Gasteiger partial charge in [0.05, 0.1) is 5.02 Å². The molecule has 0 spiro atoms. The summed E-state index contributed by atoms with van der Waals surface area (Å²) in [4.78, 5) is 8.37. The summed E-state index contributed by atoms with van der Waals surface area (Å²) in [5, 5.41) is 6.02. The van der Waals surface area contributed by atoms with E-state index in [1.54, 1.807) is 6.20 Å². The van der Waals surface area contributed by atoms with Gasteiger partial charge >= 0.3 is 0 Å². The molecule has 0 amide bonds. The van der Waals surface area contributed by atoms with Gasteiger partial charge in [0.15, 0.2) is 11.8 Å². The van der Waals surface area contributed by atoms with Crippen LogP contribution >= 0.6 is 11.6 Å². The van der Waals surface area contributed by atoms with Crippen LogP contribution in [0.25, 0.3) is 10.8 Å². The maximum atomic E-state index is 6.26. The van der Waals surface area contributed by atoms with E-state index in [1.165, 1.54) is 18.4 Å². The highest BCUT2D eigenvalue weighted by molar-refractivity contribution is 6.35. The quantitative estimate of drug-likeness (QED) is 0.431. The lowest BCUT2D eigenvalue weighted by Gasteiger charge is -2.31. The van der Waals surface area contributed by atoms with E-state index in [9.17, 15) is 0 Å². The Morgan fingerprint density at radius 2 is 2.04 bits per heavy atom. The molecule has 0 atom stereocenters. The summed E-state index contributed by atoms with van der Waals surface area (Å²) >= 11 is 6.26. The molecule has 1 aromatic carbocycles. The van der Waals surface area contributed by atoms with E-state index in [-0.39, 0.29) is 11.5 Å². The molecule has 1 fully saturated rings. The number of benzene rings is 1. The Balaban J connectivity index is 1.93. The van der Waals surface area contributed by atoms with E-state index < -0.39 is 0 Å². The van der Waals surface area contributed by atoms with Gasteiger partial charge in [0, 0.05) is 29.1 Å². The highest BCUT2D eigenvalue weighted by Gasteiger charge is 2.33. The summed E-state index contributed by atoms with van der Waals surface area (Å²) in [6, 6.07) is 6.11. The van der Waals surface area contributed by atoms with Gasteiger partial charge in [-0.25, -0.2) is 4.98 Å². The van der Waals surface area contributed by atoms with Crippen LogP contribution in [-0.2, 0) is 6.54 Å². The molecule has 1 aliphatic rings. The van der Waals surface area contributed by atoms with Crippen LogP contribution in [0.15, 0.2) is 41.5 Å². The smallest absolute Gasteiger partial charge is 0.192 e. The van der Waals surface area contributed by atoms with Gasteiger partial charge in [-0.1, -0.05) is 48.7 Å². The van der Waals surface area contributed by atoms with E-state index in [2.05, 4.69) is 34.9 Å². The first-order chi connectivity index (χ1) is 11.9. The fourth-order valence-electron chi connectivity index (χ4n) is 3.57. The van der Waals surface area contributed by atoms with Crippen molar-refractivity contribution in [2.75, 3.05) is 0 Å². The maximum absolute atomic E-state index is 6.26. The molecule has 2 aromatic rings. The molecule has 5 nitrogen and oxygen atoms in total. The summed E-state index contributed by atoms with van der Waals surface area (Å²) in [5.41, 5.74) is 13.4. The van der Waals surface area contributed by atoms with Crippen LogP contribution in [0.1, 0.15) is 38.2 Å². The molecule has 6 heteroatoms. The summed E-state index contributed by atoms with van der Waals surface area (Å²) in [6.07, 6.45) is 6.33. The molecule has 0 radical (unpaired) electrons. The molecule has 1 aromatic heterocycles. The zero-order valence-electron chi connectivity index (χ0n) is 14.5. The molecule has 3 rings (SSSR count). The van der Waals surface area contributed by atoms with Crippen molar-refractivity contribution in [3.05, 3.63) is 47.1 Å². The predicted molar refractivity (Wildman–Crippen MR) is 105 cm³/mol. The average molecular weight is 358 g/mol. The number of nitrogens with one attached hydrogen (secondary N) is 1. The fourth-order valence-corrected chi connectivity index (χ4v) is 3.78. The lowest BCUT2D eigenvalue weighted by Crippen LogP contribution is -2.42. The van der Waals surface area contributed by atoms with E-state index in [4.69, 9.17) is 23.1 Å². The number of fused-ring (bicyclic) bond motifs is 1. The van der Waals surface area contributed by atoms with Crippen molar-refractivity contribution in [1.29, 1.82) is 0 Å². The van der Waals surface area contributed by atoms with Crippen molar-refractivity contribution in [1.82, 2.24) is 10.3 Å². The molecular weight excluding hydrogens is 334 g/mol. The first kappa shape index (κ1) is 17.7. The van der Waals surface area contributed by atoms with Crippen molar-refractivity contribution in [2.24, 2.45) is 16.5 Å². The second kappa shape index (κ2) is 7.02. The standard InChI is InChI=1S/C19H24ClN5/c1-12(2)19(7-3-4-8-19)24-10-13-5-6-14-15(9-13)17(25-18(21)22)23-11-16(14)20/h5-6,9,11,24H,1,3-4,7-8,10H2,2H3,(H4,21,22,23,25). The fraction of sp³-hybridized carbons (Fsp3) is 0.368. The number of hydrogen-bond acceptors (Lipinski definition) is 3. The van der Waals surface area contributed by atoms with Crippen LogP contribution in [0.2, 0.25) is 5.02 Å². The number of aromatic nitrogens is 1. The number of nitrogens with two attached hydrogens (primary N) is 2. The maximum Gasteiger partial charge on any atom is 0.192 e. The Bertz CT molecular complexity index is 833. The summed E-state index contributed by atoms with van der Waals surface area (Å²) in [5.74, 6) is 0.462. The monoisotopic (exact) mass is 357 g/mol. The number of rotatable bonds is 5. The molecule has 1 aliphatic carbocycles. The zero-order valence-corrected chi connectivity index (χ0v) is 15.2. The molecule has 0 unspecified atom stereocenters. The summed E-state index contributed by atoms with van der Waals surface area (Å²) in [7, 11) is 0. The van der Waals surface area contributed by atoms with Crippen LogP contribution in [0.3, 0.4) is 0 Å². The molecule has 25 heavy (non-hydrogen) atoms. The molecule has 1 saturated carbocycles. The molecule has 0 aliphatic heterocycles. The third kappa shape index (κ3) is 3.62.